The zero-order valence-electron chi connectivity index (χ0n) is 7.53. The maximum atomic E-state index is 11.7. The van der Waals surface area contributed by atoms with E-state index >= 15 is 0 Å². The first-order valence-corrected chi connectivity index (χ1v) is 4.50. The number of carbonyl (C=O) groups is 1. The molecule has 0 fully saturated rings. The van der Waals surface area contributed by atoms with Gasteiger partial charge in [0.05, 0.1) is 12.0 Å². The Morgan fingerprint density at radius 2 is 2.15 bits per heavy atom. The van der Waals surface area contributed by atoms with Gasteiger partial charge < -0.3 is 5.11 Å². The summed E-state index contributed by atoms with van der Waals surface area (Å²) in [6.07, 6.45) is 0.145. The summed E-state index contributed by atoms with van der Waals surface area (Å²) in [5.74, 6) is -0.136. The third-order valence-corrected chi connectivity index (χ3v) is 2.64. The number of aliphatic hydroxyl groups is 1. The van der Waals surface area contributed by atoms with Crippen molar-refractivity contribution in [1.29, 1.82) is 0 Å². The molecule has 1 N–H and O–H groups in total. The molecule has 0 radical (unpaired) electrons. The summed E-state index contributed by atoms with van der Waals surface area (Å²) in [6.45, 7) is 1.68. The number of benzene rings is 1. The lowest BCUT2D eigenvalue weighted by atomic mass is 10.00. The van der Waals surface area contributed by atoms with Crippen molar-refractivity contribution in [2.75, 3.05) is 0 Å². The molecule has 0 aromatic heterocycles. The largest absolute Gasteiger partial charge is 0.393 e. The molecule has 1 aromatic carbocycles. The van der Waals surface area contributed by atoms with Crippen molar-refractivity contribution in [2.24, 2.45) is 5.92 Å². The molecule has 0 aliphatic heterocycles. The molecule has 2 nitrogen and oxygen atoms in total. The van der Waals surface area contributed by atoms with Crippen molar-refractivity contribution in [1.82, 2.24) is 0 Å². The van der Waals surface area contributed by atoms with Gasteiger partial charge in [-0.2, -0.15) is 0 Å². The second-order valence-corrected chi connectivity index (χ2v) is 3.57. The molecule has 0 spiro atoms. The van der Waals surface area contributed by atoms with Crippen LogP contribution in [0, 0.1) is 5.92 Å². The van der Waals surface area contributed by atoms with Gasteiger partial charge in [0.2, 0.25) is 0 Å². The van der Waals surface area contributed by atoms with Crippen molar-refractivity contribution in [3.8, 4) is 0 Å². The molecule has 0 bridgehead atoms. The second kappa shape index (κ2) is 2.96. The van der Waals surface area contributed by atoms with Crippen LogP contribution in [0.15, 0.2) is 24.3 Å². The predicted octanol–water partition coefficient (Wildman–Crippen LogP) is 1.42. The van der Waals surface area contributed by atoms with E-state index in [1.165, 1.54) is 0 Å². The van der Waals surface area contributed by atoms with Gasteiger partial charge in [-0.05, 0) is 18.9 Å². The third kappa shape index (κ3) is 1.27. The summed E-state index contributed by atoms with van der Waals surface area (Å²) < 4.78 is 0. The van der Waals surface area contributed by atoms with Crippen LogP contribution in [0.2, 0.25) is 0 Å². The van der Waals surface area contributed by atoms with Crippen LogP contribution in [0.4, 0.5) is 0 Å². The summed E-state index contributed by atoms with van der Waals surface area (Å²) in [5.41, 5.74) is 1.85. The molecule has 1 aliphatic carbocycles. The molecule has 2 atom stereocenters. The summed E-state index contributed by atoms with van der Waals surface area (Å²) in [7, 11) is 0. The Morgan fingerprint density at radius 3 is 2.77 bits per heavy atom. The van der Waals surface area contributed by atoms with Crippen molar-refractivity contribution < 1.29 is 9.90 Å². The van der Waals surface area contributed by atoms with E-state index in [-0.39, 0.29) is 11.7 Å². The summed E-state index contributed by atoms with van der Waals surface area (Å²) in [4.78, 5) is 11.7. The van der Waals surface area contributed by atoms with E-state index < -0.39 is 6.10 Å². The number of fused-ring (bicyclic) bond motifs is 1. The highest BCUT2D eigenvalue weighted by Gasteiger charge is 2.32. The second-order valence-electron chi connectivity index (χ2n) is 3.57. The van der Waals surface area contributed by atoms with Gasteiger partial charge in [-0.3, -0.25) is 4.79 Å². The Bertz CT molecular complexity index is 342. The van der Waals surface area contributed by atoms with Gasteiger partial charge in [-0.25, -0.2) is 0 Å². The van der Waals surface area contributed by atoms with E-state index in [9.17, 15) is 9.90 Å². The Morgan fingerprint density at radius 1 is 1.46 bits per heavy atom. The van der Waals surface area contributed by atoms with E-state index in [2.05, 4.69) is 0 Å². The van der Waals surface area contributed by atoms with Crippen molar-refractivity contribution in [2.45, 2.75) is 19.4 Å². The van der Waals surface area contributed by atoms with Gasteiger partial charge in [-0.1, -0.05) is 24.3 Å². The van der Waals surface area contributed by atoms with Gasteiger partial charge in [-0.15, -0.1) is 0 Å². The van der Waals surface area contributed by atoms with Gasteiger partial charge >= 0.3 is 0 Å². The lowest BCUT2D eigenvalue weighted by Crippen LogP contribution is -2.22. The molecule has 1 aromatic rings. The molecule has 0 heterocycles. The highest BCUT2D eigenvalue weighted by Crippen LogP contribution is 2.28. The van der Waals surface area contributed by atoms with Gasteiger partial charge in [0.1, 0.15) is 0 Å². The third-order valence-electron chi connectivity index (χ3n) is 2.64. The lowest BCUT2D eigenvalue weighted by molar-refractivity contribution is 0.0758. The van der Waals surface area contributed by atoms with Crippen LogP contribution in [0.25, 0.3) is 0 Å². The number of aliphatic hydroxyl groups excluding tert-OH is 1. The van der Waals surface area contributed by atoms with Crippen molar-refractivity contribution in [3.05, 3.63) is 35.4 Å². The van der Waals surface area contributed by atoms with Crippen LogP contribution in [0.1, 0.15) is 22.8 Å². The minimum Gasteiger partial charge on any atom is -0.393 e. The zero-order chi connectivity index (χ0) is 9.42. The van der Waals surface area contributed by atoms with E-state index in [1.807, 2.05) is 24.3 Å². The number of carbonyl (C=O) groups excluding carboxylic acids is 1. The average molecular weight is 176 g/mol. The first-order chi connectivity index (χ1) is 6.20. The molecule has 0 saturated heterocycles. The molecular weight excluding hydrogens is 164 g/mol. The van der Waals surface area contributed by atoms with Gasteiger partial charge in [0.15, 0.2) is 5.78 Å². The van der Waals surface area contributed by atoms with Gasteiger partial charge in [0, 0.05) is 5.56 Å². The quantitative estimate of drug-likeness (QED) is 0.702. The van der Waals surface area contributed by atoms with Crippen molar-refractivity contribution in [3.63, 3.8) is 0 Å². The standard InChI is InChI=1S/C11H12O2/c1-7(12)10-6-8-4-2-3-5-9(8)11(10)13/h2-5,7,10,12H,6H2,1H3/t7-,10?/m0/s1. The number of rotatable bonds is 1. The summed E-state index contributed by atoms with van der Waals surface area (Å²) >= 11 is 0. The lowest BCUT2D eigenvalue weighted by Gasteiger charge is -2.09. The van der Waals surface area contributed by atoms with Crippen LogP contribution in [0.3, 0.4) is 0 Å². The minimum atomic E-state index is -0.542. The maximum Gasteiger partial charge on any atom is 0.169 e. The van der Waals surface area contributed by atoms with E-state index in [0.29, 0.717) is 6.42 Å². The number of hydrogen-bond acceptors (Lipinski definition) is 2. The minimum absolute atomic E-state index is 0.0885. The zero-order valence-corrected chi connectivity index (χ0v) is 7.53. The number of ketones is 1. The summed E-state index contributed by atoms with van der Waals surface area (Å²) in [5, 5.41) is 9.37. The highest BCUT2D eigenvalue weighted by molar-refractivity contribution is 6.02. The monoisotopic (exact) mass is 176 g/mol. The molecule has 1 aliphatic rings. The van der Waals surface area contributed by atoms with E-state index in [4.69, 9.17) is 0 Å². The summed E-state index contributed by atoms with van der Waals surface area (Å²) in [6, 6.07) is 7.58. The Hall–Kier alpha value is -1.15. The van der Waals surface area contributed by atoms with Crippen molar-refractivity contribution >= 4 is 5.78 Å². The average Bonchev–Trinajstić information content (AvgIpc) is 2.45. The number of Topliss-reactive ketones (excluding diaryl/α,β-unsaturated/α-hetero) is 1. The molecule has 0 saturated carbocycles. The molecule has 68 valence electrons. The molecule has 2 rings (SSSR count). The fourth-order valence-corrected chi connectivity index (χ4v) is 1.86. The maximum absolute atomic E-state index is 11.7. The Kier molecular flexibility index (Phi) is 1.93. The topological polar surface area (TPSA) is 37.3 Å². The smallest absolute Gasteiger partial charge is 0.169 e. The predicted molar refractivity (Wildman–Crippen MR) is 49.6 cm³/mol. The van der Waals surface area contributed by atoms with Crippen LogP contribution in [-0.4, -0.2) is 17.0 Å². The first-order valence-electron chi connectivity index (χ1n) is 4.50. The van der Waals surface area contributed by atoms with Crippen LogP contribution in [0.5, 0.6) is 0 Å². The molecule has 1 unspecified atom stereocenters. The molecular formula is C11H12O2. The fourth-order valence-electron chi connectivity index (χ4n) is 1.86. The molecule has 13 heavy (non-hydrogen) atoms. The molecule has 2 heteroatoms. The normalized spacial score (nSPS) is 22.9. The van der Waals surface area contributed by atoms with Crippen LogP contribution >= 0.6 is 0 Å². The Labute approximate surface area is 77.2 Å². The SMILES string of the molecule is C[C@H](O)C1Cc2ccccc2C1=O. The Balaban J connectivity index is 2.38. The fraction of sp³-hybridized carbons (Fsp3) is 0.364. The number of hydrogen-bond donors (Lipinski definition) is 1. The highest BCUT2D eigenvalue weighted by atomic mass is 16.3. The van der Waals surface area contributed by atoms with E-state index in [1.54, 1.807) is 6.92 Å². The molecule has 0 amide bonds. The van der Waals surface area contributed by atoms with E-state index in [0.717, 1.165) is 11.1 Å². The van der Waals surface area contributed by atoms with Crippen LogP contribution in [-0.2, 0) is 6.42 Å². The van der Waals surface area contributed by atoms with Gasteiger partial charge in [0.25, 0.3) is 0 Å². The first kappa shape index (κ1) is 8.45. The van der Waals surface area contributed by atoms with Crippen LogP contribution < -0.4 is 0 Å².